The van der Waals surface area contributed by atoms with Crippen molar-refractivity contribution in [3.05, 3.63) is 191 Å². The molecule has 0 spiro atoms. The van der Waals surface area contributed by atoms with Crippen molar-refractivity contribution in [1.29, 1.82) is 0 Å². The molecular weight excluding hydrogens is 926 g/mol. The van der Waals surface area contributed by atoms with E-state index in [0.29, 0.717) is 0 Å². The molecule has 0 amide bonds. The van der Waals surface area contributed by atoms with E-state index in [-0.39, 0.29) is 33.8 Å². The Morgan fingerprint density at radius 1 is 0.453 bits per heavy atom. The van der Waals surface area contributed by atoms with Crippen LogP contribution in [0.5, 0.6) is 0 Å². The van der Waals surface area contributed by atoms with Gasteiger partial charge in [-0.05, 0) is 195 Å². The number of aryl methyl sites for hydroxylation is 2. The molecule has 1 aromatic heterocycles. The third kappa shape index (κ3) is 7.41. The van der Waals surface area contributed by atoms with Crippen LogP contribution in [0.2, 0.25) is 0 Å². The minimum Gasteiger partial charge on any atom is -0.311 e. The molecule has 0 N–H and O–H groups in total. The Morgan fingerprint density at radius 3 is 1.57 bits per heavy atom. The molecule has 2 aliphatic carbocycles. The Balaban J connectivity index is 1.16. The molecule has 5 heteroatoms. The maximum Gasteiger partial charge on any atom is 0.252 e. The molecule has 9 aromatic rings. The Bertz CT molecular complexity index is 3800. The molecule has 8 aromatic carbocycles. The van der Waals surface area contributed by atoms with Crippen LogP contribution in [-0.2, 0) is 27.1 Å². The van der Waals surface area contributed by atoms with Crippen molar-refractivity contribution in [2.45, 2.75) is 143 Å². The van der Waals surface area contributed by atoms with E-state index in [0.717, 1.165) is 18.5 Å². The van der Waals surface area contributed by atoms with Gasteiger partial charge >= 0.3 is 0 Å². The average molecular weight is 998 g/mol. The van der Waals surface area contributed by atoms with Crippen LogP contribution in [0.25, 0.3) is 20.2 Å². The van der Waals surface area contributed by atoms with E-state index in [2.05, 4.69) is 256 Å². The third-order valence-electron chi connectivity index (χ3n) is 18.6. The Morgan fingerprint density at radius 2 is 0.960 bits per heavy atom. The maximum absolute atomic E-state index is 2.72. The zero-order valence-corrected chi connectivity index (χ0v) is 47.4. The lowest BCUT2D eigenvalue weighted by Gasteiger charge is -2.48. The molecule has 2 aliphatic heterocycles. The highest BCUT2D eigenvalue weighted by molar-refractivity contribution is 7.25. The summed E-state index contributed by atoms with van der Waals surface area (Å²) in [5, 5.41) is 2.64. The molecule has 75 heavy (non-hydrogen) atoms. The zero-order chi connectivity index (χ0) is 52.3. The predicted molar refractivity (Wildman–Crippen MR) is 327 cm³/mol. The van der Waals surface area contributed by atoms with Gasteiger partial charge in [-0.2, -0.15) is 0 Å². The summed E-state index contributed by atoms with van der Waals surface area (Å²) in [7, 11) is 0. The first kappa shape index (κ1) is 48.1. The highest BCUT2D eigenvalue weighted by Crippen LogP contribution is 2.54. The summed E-state index contributed by atoms with van der Waals surface area (Å²) in [6.07, 6.45) is 4.68. The second-order valence-corrected chi connectivity index (χ2v) is 27.5. The fourth-order valence-electron chi connectivity index (χ4n) is 13.8. The van der Waals surface area contributed by atoms with E-state index in [1.54, 1.807) is 0 Å². The number of thiophene rings is 1. The SMILES string of the molecule is Cc1ccccc1N(c1ccc2c(c1)N(c1ccc3c(c1)sc1ccccc13)c1cc(C(C)(C)C)cc3c1B2c1cc2c(cc1N3c1ccc3c(c1)C(C)(C)CCC3(C)C)C(C)(C)CCC2(C)C)c1ccccc1C. The van der Waals surface area contributed by atoms with Crippen molar-refractivity contribution in [2.24, 2.45) is 0 Å². The molecule has 0 saturated carbocycles. The van der Waals surface area contributed by atoms with Crippen LogP contribution in [0.3, 0.4) is 0 Å². The number of rotatable bonds is 5. The van der Waals surface area contributed by atoms with Crippen LogP contribution < -0.4 is 31.1 Å². The number of hydrogen-bond acceptors (Lipinski definition) is 4. The smallest absolute Gasteiger partial charge is 0.252 e. The molecule has 0 atom stereocenters. The summed E-state index contributed by atoms with van der Waals surface area (Å²) in [6.45, 7) is 31.5. The van der Waals surface area contributed by atoms with Crippen LogP contribution >= 0.6 is 11.3 Å². The quantitative estimate of drug-likeness (QED) is 0.159. The van der Waals surface area contributed by atoms with Crippen LogP contribution in [-0.4, -0.2) is 6.71 Å². The fourth-order valence-corrected chi connectivity index (χ4v) is 14.9. The molecule has 0 bridgehead atoms. The summed E-state index contributed by atoms with van der Waals surface area (Å²) < 4.78 is 2.63. The molecule has 13 rings (SSSR count). The van der Waals surface area contributed by atoms with Gasteiger partial charge in [-0.3, -0.25) is 0 Å². The minimum atomic E-state index is -0.146. The topological polar surface area (TPSA) is 9.72 Å². The van der Waals surface area contributed by atoms with Crippen LogP contribution in [0, 0.1) is 13.8 Å². The van der Waals surface area contributed by atoms with E-state index in [1.807, 2.05) is 11.3 Å². The van der Waals surface area contributed by atoms with Crippen LogP contribution in [0.1, 0.15) is 141 Å². The largest absolute Gasteiger partial charge is 0.311 e. The summed E-state index contributed by atoms with van der Waals surface area (Å²) in [4.78, 5) is 7.89. The normalized spacial score (nSPS) is 17.5. The summed E-state index contributed by atoms with van der Waals surface area (Å²) >= 11 is 1.90. The second kappa shape index (κ2) is 16.5. The first-order chi connectivity index (χ1) is 35.6. The van der Waals surface area contributed by atoms with Crippen molar-refractivity contribution in [1.82, 2.24) is 0 Å². The Labute approximate surface area is 451 Å². The van der Waals surface area contributed by atoms with Gasteiger partial charge in [0.05, 0.1) is 0 Å². The zero-order valence-electron chi connectivity index (χ0n) is 46.6. The fraction of sp³-hybridized carbons (Fsp3) is 0.314. The predicted octanol–water partition coefficient (Wildman–Crippen LogP) is 18.2. The van der Waals surface area contributed by atoms with E-state index in [9.17, 15) is 0 Å². The van der Waals surface area contributed by atoms with Gasteiger partial charge in [-0.15, -0.1) is 11.3 Å². The lowest BCUT2D eigenvalue weighted by Crippen LogP contribution is -2.62. The van der Waals surface area contributed by atoms with E-state index >= 15 is 0 Å². The molecule has 3 heterocycles. The molecule has 0 saturated heterocycles. The third-order valence-corrected chi connectivity index (χ3v) is 19.7. The van der Waals surface area contributed by atoms with Gasteiger partial charge in [0.2, 0.25) is 0 Å². The van der Waals surface area contributed by atoms with E-state index in [1.165, 1.54) is 134 Å². The molecule has 0 radical (unpaired) electrons. The molecule has 4 aliphatic rings. The van der Waals surface area contributed by atoms with Gasteiger partial charge in [0.15, 0.2) is 0 Å². The van der Waals surface area contributed by atoms with Gasteiger partial charge in [0.25, 0.3) is 6.71 Å². The first-order valence-electron chi connectivity index (χ1n) is 27.7. The molecule has 3 nitrogen and oxygen atoms in total. The van der Waals surface area contributed by atoms with Crippen molar-refractivity contribution in [2.75, 3.05) is 14.7 Å². The highest BCUT2D eigenvalue weighted by Gasteiger charge is 2.48. The summed E-state index contributed by atoms with van der Waals surface area (Å²) in [5.41, 5.74) is 25.0. The van der Waals surface area contributed by atoms with Crippen LogP contribution in [0.4, 0.5) is 51.2 Å². The number of nitrogens with zero attached hydrogens (tertiary/aromatic N) is 3. The molecule has 0 unspecified atom stereocenters. The van der Waals surface area contributed by atoms with Crippen LogP contribution in [0.15, 0.2) is 152 Å². The number of fused-ring (bicyclic) bond motifs is 9. The van der Waals surface area contributed by atoms with Gasteiger partial charge in [0, 0.05) is 71.4 Å². The molecule has 376 valence electrons. The van der Waals surface area contributed by atoms with Crippen molar-refractivity contribution in [3.8, 4) is 0 Å². The maximum atomic E-state index is 2.72. The number of anilines is 9. The lowest BCUT2D eigenvalue weighted by molar-refractivity contribution is 0.332. The van der Waals surface area contributed by atoms with E-state index in [4.69, 9.17) is 0 Å². The monoisotopic (exact) mass is 998 g/mol. The van der Waals surface area contributed by atoms with E-state index < -0.39 is 0 Å². The number of para-hydroxylation sites is 2. The molecular formula is C70H72BN3S. The van der Waals surface area contributed by atoms with Crippen molar-refractivity contribution >= 4 is 106 Å². The number of benzene rings is 8. The minimum absolute atomic E-state index is 0.0202. The first-order valence-corrected chi connectivity index (χ1v) is 28.5. The van der Waals surface area contributed by atoms with Crippen molar-refractivity contribution < 1.29 is 0 Å². The summed E-state index contributed by atoms with van der Waals surface area (Å²) in [5.74, 6) is 0. The summed E-state index contributed by atoms with van der Waals surface area (Å²) in [6, 6.07) is 59.5. The number of hydrogen-bond donors (Lipinski definition) is 0. The lowest BCUT2D eigenvalue weighted by atomic mass is 9.33. The van der Waals surface area contributed by atoms with Crippen molar-refractivity contribution in [3.63, 3.8) is 0 Å². The van der Waals surface area contributed by atoms with Gasteiger partial charge in [-0.1, -0.05) is 155 Å². The Kier molecular flexibility index (Phi) is 10.6. The van der Waals surface area contributed by atoms with Gasteiger partial charge < -0.3 is 14.7 Å². The van der Waals surface area contributed by atoms with Gasteiger partial charge in [-0.25, -0.2) is 0 Å². The highest BCUT2D eigenvalue weighted by atomic mass is 32.1. The second-order valence-electron chi connectivity index (χ2n) is 26.4. The Hall–Kier alpha value is -6.56. The standard InChI is InChI=1S/C70H72BN3S/c1-43-20-14-17-23-57(43)72(58-24-18-15-21-44(58)2)47-28-31-55-59(39-47)74(48-26-29-50-49-22-16-19-25-63(49)75-64(50)40-48)62-37-45(66(3,4)5)36-61-65(62)71(55)56-41-53-54(70(12,13)35-34-69(53,10)11)42-60(56)73(61)46-27-30-51-52(38-46)68(8,9)33-32-67(51,6)7/h14-31,36-42H,32-35H2,1-13H3. The molecule has 0 fully saturated rings. The average Bonchev–Trinajstić information content (AvgIpc) is 3.77. The van der Waals surface area contributed by atoms with Gasteiger partial charge in [0.1, 0.15) is 0 Å².